The number of aromatic nitrogens is 1. The van der Waals surface area contributed by atoms with Gasteiger partial charge in [0.15, 0.2) is 11.8 Å². The van der Waals surface area contributed by atoms with Gasteiger partial charge in [-0.15, -0.1) is 11.3 Å². The molecule has 7 heteroatoms. The van der Waals surface area contributed by atoms with Crippen LogP contribution in [0.2, 0.25) is 0 Å². The summed E-state index contributed by atoms with van der Waals surface area (Å²) in [6.45, 7) is 9.38. The van der Waals surface area contributed by atoms with E-state index in [2.05, 4.69) is 4.98 Å². The third-order valence-corrected chi connectivity index (χ3v) is 5.05. The number of thiazole rings is 1. The van der Waals surface area contributed by atoms with E-state index < -0.39 is 12.1 Å². The first-order valence-corrected chi connectivity index (χ1v) is 9.64. The minimum Gasteiger partial charge on any atom is -0.448 e. The molecule has 0 saturated heterocycles. The fourth-order valence-electron chi connectivity index (χ4n) is 2.47. The molecule has 2 aromatic heterocycles. The molecule has 24 heavy (non-hydrogen) atoms. The minimum absolute atomic E-state index is 0.0446. The van der Waals surface area contributed by atoms with Gasteiger partial charge < -0.3 is 9.64 Å². The van der Waals surface area contributed by atoms with Gasteiger partial charge in [0.1, 0.15) is 5.01 Å². The zero-order valence-corrected chi connectivity index (χ0v) is 16.1. The highest BCUT2D eigenvalue weighted by Gasteiger charge is 2.28. The number of hydrogen-bond donors (Lipinski definition) is 0. The molecule has 130 valence electrons. The lowest BCUT2D eigenvalue weighted by Gasteiger charge is -2.32. The van der Waals surface area contributed by atoms with Gasteiger partial charge in [-0.1, -0.05) is 0 Å². The molecule has 0 aliphatic heterocycles. The molecule has 0 aliphatic rings. The number of ether oxygens (including phenoxy) is 1. The molecule has 2 heterocycles. The Morgan fingerprint density at radius 2 is 1.79 bits per heavy atom. The number of carbonyl (C=O) groups is 2. The molecule has 0 bridgehead atoms. The molecule has 5 nitrogen and oxygen atoms in total. The molecule has 0 aromatic carbocycles. The van der Waals surface area contributed by atoms with Crippen molar-refractivity contribution < 1.29 is 14.3 Å². The van der Waals surface area contributed by atoms with Crippen molar-refractivity contribution >= 4 is 34.6 Å². The Balaban J connectivity index is 2.05. The smallest absolute Gasteiger partial charge is 0.358 e. The van der Waals surface area contributed by atoms with Crippen LogP contribution in [0.4, 0.5) is 0 Å². The van der Waals surface area contributed by atoms with Gasteiger partial charge in [0.05, 0.1) is 0 Å². The summed E-state index contributed by atoms with van der Waals surface area (Å²) in [6.07, 6.45) is -0.839. The van der Waals surface area contributed by atoms with E-state index in [4.69, 9.17) is 4.74 Å². The molecule has 1 unspecified atom stereocenters. The summed E-state index contributed by atoms with van der Waals surface area (Å²) in [5.74, 6) is -0.761. The zero-order valence-electron chi connectivity index (χ0n) is 14.5. The molecule has 0 N–H and O–H groups in total. The van der Waals surface area contributed by atoms with E-state index in [0.717, 1.165) is 10.6 Å². The van der Waals surface area contributed by atoms with Crippen LogP contribution >= 0.6 is 22.7 Å². The maximum atomic E-state index is 12.5. The third-order valence-electron chi connectivity index (χ3n) is 3.48. The van der Waals surface area contributed by atoms with E-state index >= 15 is 0 Å². The first kappa shape index (κ1) is 18.6. The SMILES string of the molecule is CC(OC(=O)c1csc(-c2ccsc2)n1)C(=O)N(C(C)C)C(C)C. The van der Waals surface area contributed by atoms with Gasteiger partial charge in [0, 0.05) is 28.4 Å². The van der Waals surface area contributed by atoms with Crippen molar-refractivity contribution in [2.75, 3.05) is 0 Å². The number of esters is 1. The molecule has 0 saturated carbocycles. The lowest BCUT2D eigenvalue weighted by Crippen LogP contribution is -2.47. The summed E-state index contributed by atoms with van der Waals surface area (Å²) in [5, 5.41) is 6.37. The van der Waals surface area contributed by atoms with Crippen molar-refractivity contribution in [1.29, 1.82) is 0 Å². The van der Waals surface area contributed by atoms with Crippen molar-refractivity contribution in [2.45, 2.75) is 52.8 Å². The number of amides is 1. The summed E-state index contributed by atoms with van der Waals surface area (Å²) in [5.41, 5.74) is 1.22. The molecular formula is C17H22N2O3S2. The standard InChI is InChI=1S/C17H22N2O3S2/c1-10(2)19(11(3)4)16(20)12(5)22-17(21)14-9-24-15(18-14)13-6-7-23-8-13/h6-12H,1-5H3. The number of rotatable bonds is 6. The number of nitrogens with zero attached hydrogens (tertiary/aromatic N) is 2. The predicted octanol–water partition coefficient (Wildman–Crippen LogP) is 4.06. The van der Waals surface area contributed by atoms with Gasteiger partial charge >= 0.3 is 5.97 Å². The quantitative estimate of drug-likeness (QED) is 0.723. The summed E-state index contributed by atoms with van der Waals surface area (Å²) < 4.78 is 5.33. The van der Waals surface area contributed by atoms with Crippen LogP contribution < -0.4 is 0 Å². The molecular weight excluding hydrogens is 344 g/mol. The average molecular weight is 367 g/mol. The molecule has 0 radical (unpaired) electrons. The van der Waals surface area contributed by atoms with E-state index in [1.165, 1.54) is 11.3 Å². The average Bonchev–Trinajstić information content (AvgIpc) is 3.17. The summed E-state index contributed by atoms with van der Waals surface area (Å²) in [4.78, 5) is 30.8. The molecule has 1 atom stereocenters. The van der Waals surface area contributed by atoms with E-state index in [-0.39, 0.29) is 23.7 Å². The normalized spacial score (nSPS) is 12.5. The Bertz CT molecular complexity index is 685. The van der Waals surface area contributed by atoms with Crippen LogP contribution in [0.25, 0.3) is 10.6 Å². The van der Waals surface area contributed by atoms with Crippen molar-refractivity contribution in [1.82, 2.24) is 9.88 Å². The van der Waals surface area contributed by atoms with Crippen LogP contribution in [0, 0.1) is 0 Å². The second kappa shape index (κ2) is 7.90. The minimum atomic E-state index is -0.839. The third kappa shape index (κ3) is 4.21. The lowest BCUT2D eigenvalue weighted by atomic mass is 10.2. The van der Waals surface area contributed by atoms with Crippen LogP contribution in [0.3, 0.4) is 0 Å². The van der Waals surface area contributed by atoms with Crippen LogP contribution in [0.15, 0.2) is 22.2 Å². The molecule has 0 spiro atoms. The molecule has 2 rings (SSSR count). The fraction of sp³-hybridized carbons (Fsp3) is 0.471. The van der Waals surface area contributed by atoms with Crippen LogP contribution in [0.5, 0.6) is 0 Å². The Morgan fingerprint density at radius 1 is 1.12 bits per heavy atom. The number of hydrogen-bond acceptors (Lipinski definition) is 6. The van der Waals surface area contributed by atoms with Crippen LogP contribution in [-0.2, 0) is 9.53 Å². The Labute approximate surface area is 150 Å². The van der Waals surface area contributed by atoms with Crippen molar-refractivity contribution in [3.05, 3.63) is 27.9 Å². The van der Waals surface area contributed by atoms with E-state index in [1.807, 2.05) is 44.5 Å². The van der Waals surface area contributed by atoms with E-state index in [1.54, 1.807) is 28.5 Å². The van der Waals surface area contributed by atoms with Gasteiger partial charge in [-0.25, -0.2) is 9.78 Å². The highest BCUT2D eigenvalue weighted by Crippen LogP contribution is 2.26. The maximum Gasteiger partial charge on any atom is 0.358 e. The molecule has 1 amide bonds. The topological polar surface area (TPSA) is 59.5 Å². The van der Waals surface area contributed by atoms with Crippen molar-refractivity contribution in [2.24, 2.45) is 0 Å². The summed E-state index contributed by atoms with van der Waals surface area (Å²) in [7, 11) is 0. The highest BCUT2D eigenvalue weighted by molar-refractivity contribution is 7.14. The van der Waals surface area contributed by atoms with Crippen LogP contribution in [0.1, 0.15) is 45.1 Å². The monoisotopic (exact) mass is 366 g/mol. The summed E-state index contributed by atoms with van der Waals surface area (Å²) >= 11 is 2.96. The first-order chi connectivity index (χ1) is 11.3. The molecule has 0 fully saturated rings. The van der Waals surface area contributed by atoms with Crippen molar-refractivity contribution in [3.8, 4) is 10.6 Å². The van der Waals surface area contributed by atoms with E-state index in [9.17, 15) is 9.59 Å². The predicted molar refractivity (Wildman–Crippen MR) is 97.4 cm³/mol. The number of thiophene rings is 1. The van der Waals surface area contributed by atoms with Gasteiger partial charge in [-0.2, -0.15) is 11.3 Å². The van der Waals surface area contributed by atoms with Crippen molar-refractivity contribution in [3.63, 3.8) is 0 Å². The largest absolute Gasteiger partial charge is 0.448 e. The Kier molecular flexibility index (Phi) is 6.12. The fourth-order valence-corrected chi connectivity index (χ4v) is 3.97. The first-order valence-electron chi connectivity index (χ1n) is 7.82. The second-order valence-corrected chi connectivity index (χ2v) is 7.67. The van der Waals surface area contributed by atoms with E-state index in [0.29, 0.717) is 0 Å². The number of carbonyl (C=O) groups excluding carboxylic acids is 2. The van der Waals surface area contributed by atoms with Gasteiger partial charge in [0.2, 0.25) is 0 Å². The van der Waals surface area contributed by atoms with Gasteiger partial charge in [-0.05, 0) is 46.1 Å². The molecule has 2 aromatic rings. The maximum absolute atomic E-state index is 12.5. The highest BCUT2D eigenvalue weighted by atomic mass is 32.1. The van der Waals surface area contributed by atoms with Gasteiger partial charge in [0.25, 0.3) is 5.91 Å². The lowest BCUT2D eigenvalue weighted by molar-refractivity contribution is -0.143. The van der Waals surface area contributed by atoms with Crippen LogP contribution in [-0.4, -0.2) is 39.9 Å². The summed E-state index contributed by atoms with van der Waals surface area (Å²) in [6, 6.07) is 2.04. The Morgan fingerprint density at radius 3 is 2.33 bits per heavy atom. The second-order valence-electron chi connectivity index (χ2n) is 6.03. The zero-order chi connectivity index (χ0) is 17.9. The Hall–Kier alpha value is -1.73. The van der Waals surface area contributed by atoms with Gasteiger partial charge in [-0.3, -0.25) is 4.79 Å². The molecule has 0 aliphatic carbocycles.